The number of alkyl carbamates (subject to hydrolysis) is 1. The fourth-order valence-electron chi connectivity index (χ4n) is 3.56. The molecular weight excluding hydrogens is 448 g/mol. The molecule has 0 aliphatic rings. The standard InChI is InChI=1S/C25H32N6O4/c1-6-34-20-11-21(23-18(12-26)14-28-31(23)15-20)17-7-8-22(27-13-17)30(5)10-9-19(16-32)29-24(33)35-25(2,3)4/h7-8,11,13-15,19,32H,6,9-10,16H2,1-5H3,(H,29,33)/t19-/m1/s1. The zero-order valence-electron chi connectivity index (χ0n) is 20.8. The number of fused-ring (bicyclic) bond motifs is 1. The minimum absolute atomic E-state index is 0.196. The number of aromatic nitrogens is 3. The molecule has 35 heavy (non-hydrogen) atoms. The molecule has 0 aliphatic heterocycles. The van der Waals surface area contributed by atoms with Gasteiger partial charge in [0.1, 0.15) is 23.2 Å². The summed E-state index contributed by atoms with van der Waals surface area (Å²) < 4.78 is 12.6. The summed E-state index contributed by atoms with van der Waals surface area (Å²) in [6, 6.07) is 7.45. The Morgan fingerprint density at radius 3 is 2.71 bits per heavy atom. The first-order valence-electron chi connectivity index (χ1n) is 11.5. The van der Waals surface area contributed by atoms with Gasteiger partial charge in [0, 0.05) is 30.9 Å². The number of amides is 1. The van der Waals surface area contributed by atoms with Crippen LogP contribution in [0.3, 0.4) is 0 Å². The van der Waals surface area contributed by atoms with E-state index >= 15 is 0 Å². The van der Waals surface area contributed by atoms with E-state index in [1.54, 1.807) is 37.7 Å². The Labute approximate surface area is 205 Å². The average molecular weight is 481 g/mol. The molecule has 0 aromatic carbocycles. The lowest BCUT2D eigenvalue weighted by Crippen LogP contribution is -2.42. The maximum atomic E-state index is 12.0. The first-order valence-corrected chi connectivity index (χ1v) is 11.5. The molecule has 2 N–H and O–H groups in total. The summed E-state index contributed by atoms with van der Waals surface area (Å²) in [5.41, 5.74) is 2.18. The number of hydrogen-bond donors (Lipinski definition) is 2. The van der Waals surface area contributed by atoms with Crippen LogP contribution in [0.4, 0.5) is 10.6 Å². The summed E-state index contributed by atoms with van der Waals surface area (Å²) in [4.78, 5) is 18.5. The summed E-state index contributed by atoms with van der Waals surface area (Å²) in [5, 5.41) is 26.1. The third kappa shape index (κ3) is 6.61. The van der Waals surface area contributed by atoms with Gasteiger partial charge in [0.15, 0.2) is 0 Å². The third-order valence-corrected chi connectivity index (χ3v) is 5.22. The van der Waals surface area contributed by atoms with Gasteiger partial charge in [-0.05, 0) is 52.3 Å². The predicted molar refractivity (Wildman–Crippen MR) is 132 cm³/mol. The molecule has 1 amide bonds. The van der Waals surface area contributed by atoms with E-state index in [0.717, 1.165) is 16.9 Å². The Morgan fingerprint density at radius 2 is 2.11 bits per heavy atom. The summed E-state index contributed by atoms with van der Waals surface area (Å²) in [6.45, 7) is 8.14. The molecule has 3 rings (SSSR count). The van der Waals surface area contributed by atoms with E-state index in [1.165, 1.54) is 6.20 Å². The molecular formula is C25H32N6O4. The van der Waals surface area contributed by atoms with E-state index < -0.39 is 17.7 Å². The Bertz CT molecular complexity index is 1190. The zero-order chi connectivity index (χ0) is 25.6. The van der Waals surface area contributed by atoms with Gasteiger partial charge in [-0.3, -0.25) is 0 Å². The first-order chi connectivity index (χ1) is 16.6. The van der Waals surface area contributed by atoms with Crippen molar-refractivity contribution in [2.24, 2.45) is 0 Å². The van der Waals surface area contributed by atoms with Crippen molar-refractivity contribution in [3.63, 3.8) is 0 Å². The minimum atomic E-state index is -0.606. The van der Waals surface area contributed by atoms with E-state index in [2.05, 4.69) is 21.5 Å². The van der Waals surface area contributed by atoms with Crippen LogP contribution in [-0.4, -0.2) is 64.2 Å². The van der Waals surface area contributed by atoms with Gasteiger partial charge in [-0.2, -0.15) is 10.4 Å². The number of aliphatic hydroxyl groups excluding tert-OH is 1. The van der Waals surface area contributed by atoms with Gasteiger partial charge in [0.2, 0.25) is 0 Å². The SMILES string of the molecule is CCOc1cc(-c2ccc(N(C)CC[C@H](CO)NC(=O)OC(C)(C)C)nc2)c2c(C#N)cnn2c1. The highest BCUT2D eigenvalue weighted by molar-refractivity contribution is 5.85. The van der Waals surface area contributed by atoms with Crippen LogP contribution < -0.4 is 15.0 Å². The molecule has 186 valence electrons. The zero-order valence-corrected chi connectivity index (χ0v) is 20.8. The second-order valence-electron chi connectivity index (χ2n) is 9.13. The van der Waals surface area contributed by atoms with Crippen LogP contribution in [-0.2, 0) is 4.74 Å². The molecule has 10 nitrogen and oxygen atoms in total. The molecule has 0 spiro atoms. The molecule has 0 fully saturated rings. The Balaban J connectivity index is 1.73. The average Bonchev–Trinajstić information content (AvgIpc) is 3.23. The van der Waals surface area contributed by atoms with Gasteiger partial charge in [-0.15, -0.1) is 0 Å². The Kier molecular flexibility index (Phi) is 8.14. The molecule has 0 bridgehead atoms. The van der Waals surface area contributed by atoms with Crippen LogP contribution in [0.25, 0.3) is 16.6 Å². The van der Waals surface area contributed by atoms with Gasteiger partial charge in [0.25, 0.3) is 0 Å². The molecule has 0 unspecified atom stereocenters. The fourth-order valence-corrected chi connectivity index (χ4v) is 3.56. The van der Waals surface area contributed by atoms with Crippen LogP contribution in [0.1, 0.15) is 39.7 Å². The molecule has 0 aliphatic carbocycles. The quantitative estimate of drug-likeness (QED) is 0.478. The molecule has 0 radical (unpaired) electrons. The number of nitrogens with zero attached hydrogens (tertiary/aromatic N) is 5. The molecule has 3 aromatic heterocycles. The number of anilines is 1. The number of rotatable bonds is 9. The highest BCUT2D eigenvalue weighted by Gasteiger charge is 2.20. The van der Waals surface area contributed by atoms with Gasteiger partial charge in [-0.1, -0.05) is 0 Å². The van der Waals surface area contributed by atoms with E-state index in [1.807, 2.05) is 37.1 Å². The topological polar surface area (TPSA) is 125 Å². The van der Waals surface area contributed by atoms with Crippen molar-refractivity contribution in [3.8, 4) is 22.9 Å². The highest BCUT2D eigenvalue weighted by atomic mass is 16.6. The smallest absolute Gasteiger partial charge is 0.407 e. The van der Waals surface area contributed by atoms with Crippen LogP contribution in [0.15, 0.2) is 36.8 Å². The van der Waals surface area contributed by atoms with Crippen molar-refractivity contribution in [1.82, 2.24) is 19.9 Å². The van der Waals surface area contributed by atoms with Crippen LogP contribution in [0, 0.1) is 11.3 Å². The van der Waals surface area contributed by atoms with Gasteiger partial charge < -0.3 is 24.8 Å². The number of nitriles is 1. The number of nitrogens with one attached hydrogen (secondary N) is 1. The van der Waals surface area contributed by atoms with Crippen molar-refractivity contribution >= 4 is 17.4 Å². The van der Waals surface area contributed by atoms with E-state index in [-0.39, 0.29) is 6.61 Å². The van der Waals surface area contributed by atoms with Gasteiger partial charge >= 0.3 is 6.09 Å². The lowest BCUT2D eigenvalue weighted by molar-refractivity contribution is 0.0480. The van der Waals surface area contributed by atoms with E-state index in [4.69, 9.17) is 9.47 Å². The number of pyridine rings is 2. The minimum Gasteiger partial charge on any atom is -0.492 e. The number of carbonyl (C=O) groups is 1. The summed E-state index contributed by atoms with van der Waals surface area (Å²) >= 11 is 0. The Morgan fingerprint density at radius 1 is 1.34 bits per heavy atom. The lowest BCUT2D eigenvalue weighted by Gasteiger charge is -2.24. The predicted octanol–water partition coefficient (Wildman–Crippen LogP) is 3.38. The van der Waals surface area contributed by atoms with Crippen LogP contribution in [0.5, 0.6) is 5.75 Å². The number of ether oxygens (including phenoxy) is 2. The molecule has 10 heteroatoms. The number of hydrogen-bond acceptors (Lipinski definition) is 8. The second-order valence-corrected chi connectivity index (χ2v) is 9.13. The van der Waals surface area contributed by atoms with Crippen LogP contribution >= 0.6 is 0 Å². The van der Waals surface area contributed by atoms with E-state index in [0.29, 0.717) is 36.4 Å². The number of aliphatic hydroxyl groups is 1. The van der Waals surface area contributed by atoms with E-state index in [9.17, 15) is 15.2 Å². The monoisotopic (exact) mass is 480 g/mol. The van der Waals surface area contributed by atoms with Crippen molar-refractivity contribution in [1.29, 1.82) is 5.26 Å². The largest absolute Gasteiger partial charge is 0.492 e. The third-order valence-electron chi connectivity index (χ3n) is 5.22. The molecule has 3 heterocycles. The normalized spacial score (nSPS) is 12.1. The maximum Gasteiger partial charge on any atom is 0.407 e. The van der Waals surface area contributed by atoms with Crippen molar-refractivity contribution in [2.45, 2.75) is 45.8 Å². The van der Waals surface area contributed by atoms with Gasteiger partial charge in [0.05, 0.1) is 42.7 Å². The summed E-state index contributed by atoms with van der Waals surface area (Å²) in [6.07, 6.45) is 4.98. The molecule has 3 aromatic rings. The molecule has 1 atom stereocenters. The summed E-state index contributed by atoms with van der Waals surface area (Å²) in [7, 11) is 1.89. The Hall–Kier alpha value is -3.84. The molecule has 0 saturated carbocycles. The highest BCUT2D eigenvalue weighted by Crippen LogP contribution is 2.31. The first kappa shape index (κ1) is 25.8. The van der Waals surface area contributed by atoms with Crippen LogP contribution in [0.2, 0.25) is 0 Å². The second kappa shape index (κ2) is 11.1. The number of carbonyl (C=O) groups excluding carboxylic acids is 1. The van der Waals surface area contributed by atoms with Crippen molar-refractivity contribution in [3.05, 3.63) is 42.4 Å². The fraction of sp³-hybridized carbons (Fsp3) is 0.440. The van der Waals surface area contributed by atoms with Crippen molar-refractivity contribution in [2.75, 3.05) is 31.7 Å². The molecule has 0 saturated heterocycles. The maximum absolute atomic E-state index is 12.0. The van der Waals surface area contributed by atoms with Gasteiger partial charge in [-0.25, -0.2) is 14.3 Å². The summed E-state index contributed by atoms with van der Waals surface area (Å²) in [5.74, 6) is 1.38. The lowest BCUT2D eigenvalue weighted by atomic mass is 10.1. The van der Waals surface area contributed by atoms with Crippen molar-refractivity contribution < 1.29 is 19.4 Å².